The van der Waals surface area contributed by atoms with Crippen LogP contribution in [0, 0.1) is 5.92 Å². The molecule has 9 aromatic rings. The number of carboxylic acid groups (broad SMARTS) is 1. The van der Waals surface area contributed by atoms with Gasteiger partial charge in [-0.1, -0.05) is 13.0 Å². The Hall–Kier alpha value is -11.6. The molecule has 6 N–H and O–H groups in total. The summed E-state index contributed by atoms with van der Waals surface area (Å²) in [6, 6.07) is 14.0. The number of benzene rings is 1. The van der Waals surface area contributed by atoms with Gasteiger partial charge in [-0.05, 0) is 111 Å². The van der Waals surface area contributed by atoms with Crippen LogP contribution in [-0.4, -0.2) is 159 Å². The van der Waals surface area contributed by atoms with Crippen LogP contribution in [0.5, 0.6) is 0 Å². The number of nitrogens with zero attached hydrogens (tertiary/aromatic N) is 12. The number of aromatic nitrogens is 11. The Morgan fingerprint density at radius 3 is 1.63 bits per heavy atom. The van der Waals surface area contributed by atoms with Crippen LogP contribution in [0.4, 0.5) is 17.2 Å². The number of hydrogen-bond donors (Lipinski definition) is 6. The van der Waals surface area contributed by atoms with Crippen molar-refractivity contribution in [1.29, 1.82) is 0 Å². The van der Waals surface area contributed by atoms with Crippen molar-refractivity contribution in [2.45, 2.75) is 64.7 Å². The van der Waals surface area contributed by atoms with Crippen LogP contribution in [-0.2, 0) is 86.9 Å². The Labute approximate surface area is 570 Å². The predicted molar refractivity (Wildman–Crippen MR) is 366 cm³/mol. The number of ketones is 5. The SMILES string of the molecule is C[C@H](CCNC(=O)c1nc(NC(=O)c2cc(NC(=O)c3cc(NC(=O)c4nccn4C)cn3C)cn2C)cn1C)C(=O)Cc1cc(C(=O)Cc2cn(C)c(C(=O)Cc3cc(C(=O)Cc4cc(C(=O)CCCCN(C)CCCNC(=O)c5cccc(C(=O)O)c5)n(C)c4)n(C)c3)n2)n(C)c1. The molecule has 0 saturated heterocycles. The highest BCUT2D eigenvalue weighted by Crippen LogP contribution is 2.23. The van der Waals surface area contributed by atoms with Gasteiger partial charge in [-0.15, -0.1) is 0 Å². The van der Waals surface area contributed by atoms with Crippen LogP contribution in [0.2, 0.25) is 0 Å². The first kappa shape index (κ1) is 71.7. The lowest BCUT2D eigenvalue weighted by Crippen LogP contribution is -2.29. The minimum atomic E-state index is -1.10. The molecule has 99 heavy (non-hydrogen) atoms. The van der Waals surface area contributed by atoms with Gasteiger partial charge >= 0.3 is 5.97 Å². The van der Waals surface area contributed by atoms with Crippen LogP contribution in [0.25, 0.3) is 0 Å². The summed E-state index contributed by atoms with van der Waals surface area (Å²) in [4.78, 5) is 159. The fraction of sp³-hybridized carbons (Fsp3) is 0.343. The highest BCUT2D eigenvalue weighted by molar-refractivity contribution is 6.08. The lowest BCUT2D eigenvalue weighted by atomic mass is 9.97. The number of amides is 5. The van der Waals surface area contributed by atoms with Crippen molar-refractivity contribution in [2.24, 2.45) is 62.3 Å². The van der Waals surface area contributed by atoms with E-state index in [-0.39, 0.29) is 113 Å². The van der Waals surface area contributed by atoms with Crippen molar-refractivity contribution in [3.05, 3.63) is 190 Å². The van der Waals surface area contributed by atoms with Gasteiger partial charge in [-0.25, -0.2) is 19.7 Å². The van der Waals surface area contributed by atoms with Crippen LogP contribution in [0.1, 0.15) is 166 Å². The van der Waals surface area contributed by atoms with Gasteiger partial charge < -0.3 is 73.1 Å². The second-order valence-corrected chi connectivity index (χ2v) is 25.0. The number of imidazole rings is 3. The van der Waals surface area contributed by atoms with Crippen molar-refractivity contribution < 1.29 is 57.8 Å². The van der Waals surface area contributed by atoms with Gasteiger partial charge in [0, 0.05) is 162 Å². The number of Topliss-reactive ketones (excluding diaryl/α,β-unsaturated/α-hetero) is 5. The summed E-state index contributed by atoms with van der Waals surface area (Å²) in [7, 11) is 15.4. The Bertz CT molecular complexity index is 4590. The highest BCUT2D eigenvalue weighted by atomic mass is 16.4. The highest BCUT2D eigenvalue weighted by Gasteiger charge is 2.26. The average molecular weight is 1350 g/mol. The number of nitrogens with one attached hydrogen (secondary N) is 5. The third-order valence-corrected chi connectivity index (χ3v) is 17.0. The fourth-order valence-electron chi connectivity index (χ4n) is 11.7. The van der Waals surface area contributed by atoms with E-state index in [1.54, 1.807) is 158 Å². The third-order valence-electron chi connectivity index (χ3n) is 17.0. The Morgan fingerprint density at radius 2 is 1.01 bits per heavy atom. The number of unbranched alkanes of at least 4 members (excludes halogenated alkanes) is 1. The summed E-state index contributed by atoms with van der Waals surface area (Å²) in [6.07, 6.45) is 17.3. The summed E-state index contributed by atoms with van der Waals surface area (Å²) >= 11 is 0. The van der Waals surface area contributed by atoms with Gasteiger partial charge in [-0.3, -0.25) is 47.9 Å². The normalized spacial score (nSPS) is 11.6. The molecule has 0 unspecified atom stereocenters. The van der Waals surface area contributed by atoms with E-state index in [9.17, 15) is 57.8 Å². The first-order valence-electron chi connectivity index (χ1n) is 32.1. The van der Waals surface area contributed by atoms with E-state index in [2.05, 4.69) is 46.4 Å². The van der Waals surface area contributed by atoms with Crippen LogP contribution >= 0.6 is 0 Å². The summed E-state index contributed by atoms with van der Waals surface area (Å²) in [5, 5.41) is 23.0. The van der Waals surface area contributed by atoms with Crippen molar-refractivity contribution in [2.75, 3.05) is 49.2 Å². The van der Waals surface area contributed by atoms with Crippen LogP contribution in [0.3, 0.4) is 0 Å². The molecule has 29 nitrogen and oxygen atoms in total. The quantitative estimate of drug-likeness (QED) is 0.0199. The van der Waals surface area contributed by atoms with Crippen molar-refractivity contribution in [1.82, 2.24) is 67.0 Å². The van der Waals surface area contributed by atoms with Gasteiger partial charge in [0.15, 0.2) is 34.8 Å². The molecule has 0 aliphatic heterocycles. The summed E-state index contributed by atoms with van der Waals surface area (Å²) in [5.41, 5.74) is 4.99. The molecule has 0 saturated carbocycles. The number of carboxylic acids is 1. The molecular formula is C70H81N17O12. The monoisotopic (exact) mass is 1350 g/mol. The van der Waals surface area contributed by atoms with Crippen molar-refractivity contribution in [3.63, 3.8) is 0 Å². The van der Waals surface area contributed by atoms with E-state index >= 15 is 0 Å². The number of aryl methyl sites for hydroxylation is 8. The van der Waals surface area contributed by atoms with E-state index in [4.69, 9.17) is 0 Å². The maximum absolute atomic E-state index is 13.7. The summed E-state index contributed by atoms with van der Waals surface area (Å²) in [5.74, 6) is -4.41. The molecule has 5 amide bonds. The molecule has 0 radical (unpaired) electrons. The van der Waals surface area contributed by atoms with E-state index in [1.807, 2.05) is 7.05 Å². The van der Waals surface area contributed by atoms with Crippen LogP contribution < -0.4 is 26.6 Å². The van der Waals surface area contributed by atoms with Gasteiger partial charge in [0.05, 0.1) is 46.1 Å². The zero-order valence-electron chi connectivity index (χ0n) is 57.0. The molecule has 8 aromatic heterocycles. The first-order chi connectivity index (χ1) is 47.1. The number of hydrogen-bond acceptors (Lipinski definition) is 15. The number of rotatable bonds is 34. The zero-order chi connectivity index (χ0) is 71.5. The van der Waals surface area contributed by atoms with E-state index in [1.165, 1.54) is 51.9 Å². The maximum atomic E-state index is 13.7. The van der Waals surface area contributed by atoms with E-state index < -0.39 is 35.5 Å². The van der Waals surface area contributed by atoms with Gasteiger partial charge in [0.2, 0.25) is 11.6 Å². The molecule has 0 aliphatic rings. The lowest BCUT2D eigenvalue weighted by Gasteiger charge is -2.16. The molecule has 518 valence electrons. The number of carbonyl (C=O) groups is 11. The van der Waals surface area contributed by atoms with Crippen molar-refractivity contribution >= 4 is 81.6 Å². The summed E-state index contributed by atoms with van der Waals surface area (Å²) in [6.45, 7) is 3.79. The lowest BCUT2D eigenvalue weighted by molar-refractivity contribution is -0.121. The van der Waals surface area contributed by atoms with Gasteiger partial charge in [0.25, 0.3) is 29.5 Å². The smallest absolute Gasteiger partial charge is 0.335 e. The molecule has 8 heterocycles. The van der Waals surface area contributed by atoms with Crippen molar-refractivity contribution in [3.8, 4) is 0 Å². The van der Waals surface area contributed by atoms with Gasteiger partial charge in [-0.2, -0.15) is 0 Å². The Balaban J connectivity index is 0.674. The molecule has 0 fully saturated rings. The largest absolute Gasteiger partial charge is 0.478 e. The zero-order valence-corrected chi connectivity index (χ0v) is 57.0. The topological polar surface area (TPSA) is 350 Å². The molecule has 0 aliphatic carbocycles. The maximum Gasteiger partial charge on any atom is 0.335 e. The number of aromatic carboxylic acids is 1. The average Bonchev–Trinajstić information content (AvgIpc) is 1.69. The number of carbonyl (C=O) groups excluding carboxylic acids is 10. The fourth-order valence-corrected chi connectivity index (χ4v) is 11.7. The molecule has 0 bridgehead atoms. The predicted octanol–water partition coefficient (Wildman–Crippen LogP) is 5.98. The summed E-state index contributed by atoms with van der Waals surface area (Å²) < 4.78 is 12.7. The second kappa shape index (κ2) is 31.5. The third kappa shape index (κ3) is 18.1. The minimum absolute atomic E-state index is 0.00851. The molecule has 0 spiro atoms. The minimum Gasteiger partial charge on any atom is -0.478 e. The second-order valence-electron chi connectivity index (χ2n) is 25.0. The van der Waals surface area contributed by atoms with E-state index in [0.717, 1.165) is 19.5 Å². The first-order valence-corrected chi connectivity index (χ1v) is 32.1. The Morgan fingerprint density at radius 1 is 0.475 bits per heavy atom. The molecule has 1 aromatic carbocycles. The molecule has 1 atom stereocenters. The van der Waals surface area contributed by atoms with E-state index in [0.29, 0.717) is 83.1 Å². The molecule has 29 heteroatoms. The van der Waals surface area contributed by atoms with Crippen LogP contribution in [0.15, 0.2) is 110 Å². The Kier molecular flexibility index (Phi) is 22.8. The number of anilines is 3. The standard InChI is InChI=1S/C70H81N17O12/c1-42(18-20-73-68(96)64-77-61(41-87(64)10)78-67(95)55-32-48(38-85(55)8)75-66(94)54-33-49(39-84(54)7)76-69(97)63-71-21-24-80(63)3)57(89)28-43-26-53(83(6)35-43)59(91)34-50-40-86(9)62(74-50)60(92)30-45-27-52(82(5)37-45)58(90)29-44-25-51(81(4)36-44)56(88)17-11-12-22-79(2)23-14-19-72-65(93)46-15-13-16-47(31-46)70(98)99/h13,15-16,21,24-27,31-33,35-42H,11-12,14,17-20,22-23,28-30,34H2,1-10H3,(H,72,93)(H,73,96)(H,75,94)(H,76,97)(H,78,95)(H,98,99)/t42-/m1/s1. The molecule has 9 rings (SSSR count). The van der Waals surface area contributed by atoms with Gasteiger partial charge in [0.1, 0.15) is 17.2 Å². The molecular weight excluding hydrogens is 1270 g/mol.